The summed E-state index contributed by atoms with van der Waals surface area (Å²) in [5, 5.41) is 3.62. The van der Waals surface area contributed by atoms with Crippen molar-refractivity contribution in [3.8, 4) is 5.75 Å². The minimum absolute atomic E-state index is 0.0183. The Labute approximate surface area is 157 Å². The van der Waals surface area contributed by atoms with E-state index in [0.29, 0.717) is 22.9 Å². The molecule has 5 nitrogen and oxygen atoms in total. The predicted molar refractivity (Wildman–Crippen MR) is 98.5 cm³/mol. The molecule has 0 atom stereocenters. The molecule has 0 radical (unpaired) electrons. The van der Waals surface area contributed by atoms with Crippen molar-refractivity contribution in [2.24, 2.45) is 0 Å². The molecule has 3 rings (SSSR count). The van der Waals surface area contributed by atoms with Crippen molar-refractivity contribution >= 4 is 23.5 Å². The van der Waals surface area contributed by atoms with E-state index in [1.165, 1.54) is 14.2 Å². The fraction of sp³-hybridized carbons (Fsp3) is 0.300. The van der Waals surface area contributed by atoms with E-state index < -0.39 is 11.4 Å². The first-order valence-corrected chi connectivity index (χ1v) is 8.67. The fourth-order valence-corrected chi connectivity index (χ4v) is 3.15. The van der Waals surface area contributed by atoms with Crippen molar-refractivity contribution in [2.75, 3.05) is 14.2 Å². The van der Waals surface area contributed by atoms with Gasteiger partial charge in [-0.2, -0.15) is 0 Å². The molecule has 0 unspecified atom stereocenters. The van der Waals surface area contributed by atoms with Crippen LogP contribution in [0.3, 0.4) is 0 Å². The van der Waals surface area contributed by atoms with Gasteiger partial charge in [0, 0.05) is 11.6 Å². The summed E-state index contributed by atoms with van der Waals surface area (Å²) in [5.41, 5.74) is 1.64. The van der Waals surface area contributed by atoms with E-state index in [9.17, 15) is 9.59 Å². The largest absolute Gasteiger partial charge is 0.496 e. The minimum atomic E-state index is -0.477. The van der Waals surface area contributed by atoms with Gasteiger partial charge in [0.05, 0.1) is 19.6 Å². The Balaban J connectivity index is 1.72. The number of halogens is 1. The van der Waals surface area contributed by atoms with Crippen LogP contribution >= 0.6 is 11.6 Å². The van der Waals surface area contributed by atoms with Gasteiger partial charge in [-0.05, 0) is 48.2 Å². The van der Waals surface area contributed by atoms with Crippen LogP contribution in [0, 0.1) is 0 Å². The molecule has 0 bridgehead atoms. The Kier molecular flexibility index (Phi) is 5.18. The van der Waals surface area contributed by atoms with Gasteiger partial charge in [-0.3, -0.25) is 4.79 Å². The molecule has 0 spiro atoms. The number of amides is 1. The van der Waals surface area contributed by atoms with Crippen LogP contribution in [0.4, 0.5) is 0 Å². The summed E-state index contributed by atoms with van der Waals surface area (Å²) in [7, 11) is 2.81. The highest BCUT2D eigenvalue weighted by Gasteiger charge is 2.51. The van der Waals surface area contributed by atoms with E-state index in [2.05, 4.69) is 5.32 Å². The quantitative estimate of drug-likeness (QED) is 0.787. The number of rotatable bonds is 6. The lowest BCUT2D eigenvalue weighted by Gasteiger charge is -2.16. The van der Waals surface area contributed by atoms with Gasteiger partial charge in [0.2, 0.25) is 5.91 Å². The number of esters is 1. The van der Waals surface area contributed by atoms with Gasteiger partial charge >= 0.3 is 5.97 Å². The second kappa shape index (κ2) is 7.38. The van der Waals surface area contributed by atoms with Crippen LogP contribution in [0.15, 0.2) is 42.5 Å². The lowest BCUT2D eigenvalue weighted by Crippen LogP contribution is -2.34. The first kappa shape index (κ1) is 18.3. The van der Waals surface area contributed by atoms with Gasteiger partial charge in [0.25, 0.3) is 0 Å². The van der Waals surface area contributed by atoms with Crippen LogP contribution in [-0.2, 0) is 21.5 Å². The molecule has 0 saturated heterocycles. The Morgan fingerprint density at radius 2 is 1.81 bits per heavy atom. The molecule has 26 heavy (non-hydrogen) atoms. The average molecular weight is 374 g/mol. The standard InChI is InChI=1S/C20H20ClNO4/c1-25-17-8-3-13(11-16(17)18(23)26-2)12-22-19(24)20(9-10-20)14-4-6-15(21)7-5-14/h3-8,11H,9-10,12H2,1-2H3,(H,22,24). The fourth-order valence-electron chi connectivity index (χ4n) is 3.03. The zero-order valence-electron chi connectivity index (χ0n) is 14.7. The van der Waals surface area contributed by atoms with E-state index in [4.69, 9.17) is 21.1 Å². The number of methoxy groups -OCH3 is 2. The molecule has 1 aliphatic rings. The molecule has 0 aromatic heterocycles. The molecule has 2 aromatic rings. The summed E-state index contributed by atoms with van der Waals surface area (Å²) in [6, 6.07) is 12.6. The van der Waals surface area contributed by atoms with Gasteiger partial charge in [0.15, 0.2) is 0 Å². The number of hydrogen-bond acceptors (Lipinski definition) is 4. The van der Waals surface area contributed by atoms with Crippen molar-refractivity contribution in [3.63, 3.8) is 0 Å². The van der Waals surface area contributed by atoms with Crippen LogP contribution in [0.25, 0.3) is 0 Å². The SMILES string of the molecule is COC(=O)c1cc(CNC(=O)C2(c3ccc(Cl)cc3)CC2)ccc1OC. The topological polar surface area (TPSA) is 64.6 Å². The van der Waals surface area contributed by atoms with Crippen molar-refractivity contribution < 1.29 is 19.1 Å². The molecule has 6 heteroatoms. The Hall–Kier alpha value is -2.53. The van der Waals surface area contributed by atoms with Crippen LogP contribution in [0.5, 0.6) is 5.75 Å². The summed E-state index contributed by atoms with van der Waals surface area (Å²) in [5.74, 6) is -0.0585. The highest BCUT2D eigenvalue weighted by Crippen LogP contribution is 2.48. The average Bonchev–Trinajstić information content (AvgIpc) is 3.47. The Morgan fingerprint density at radius 1 is 1.12 bits per heavy atom. The summed E-state index contributed by atoms with van der Waals surface area (Å²) >= 11 is 5.93. The third-order valence-corrected chi connectivity index (χ3v) is 4.96. The number of hydrogen-bond donors (Lipinski definition) is 1. The molecular weight excluding hydrogens is 354 g/mol. The highest BCUT2D eigenvalue weighted by molar-refractivity contribution is 6.30. The van der Waals surface area contributed by atoms with E-state index in [1.807, 2.05) is 18.2 Å². The molecule has 2 aromatic carbocycles. The number of carbonyl (C=O) groups is 2. The molecule has 0 heterocycles. The number of nitrogens with one attached hydrogen (secondary N) is 1. The van der Waals surface area contributed by atoms with Crippen molar-refractivity contribution in [2.45, 2.75) is 24.8 Å². The van der Waals surface area contributed by atoms with Crippen LogP contribution < -0.4 is 10.1 Å². The monoisotopic (exact) mass is 373 g/mol. The van der Waals surface area contributed by atoms with Gasteiger partial charge in [0.1, 0.15) is 11.3 Å². The van der Waals surface area contributed by atoms with E-state index in [1.54, 1.807) is 24.3 Å². The highest BCUT2D eigenvalue weighted by atomic mass is 35.5. The zero-order valence-corrected chi connectivity index (χ0v) is 15.4. The molecule has 1 amide bonds. The number of benzene rings is 2. The maximum Gasteiger partial charge on any atom is 0.341 e. The lowest BCUT2D eigenvalue weighted by molar-refractivity contribution is -0.123. The van der Waals surface area contributed by atoms with E-state index in [-0.39, 0.29) is 5.91 Å². The third-order valence-electron chi connectivity index (χ3n) is 4.70. The molecule has 136 valence electrons. The Morgan fingerprint density at radius 3 is 2.38 bits per heavy atom. The summed E-state index contributed by atoms with van der Waals surface area (Å²) < 4.78 is 9.96. The van der Waals surface area contributed by atoms with Gasteiger partial charge in [-0.1, -0.05) is 29.8 Å². The summed E-state index contributed by atoms with van der Waals surface area (Å²) in [6.07, 6.45) is 1.63. The normalized spacial score (nSPS) is 14.4. The number of carbonyl (C=O) groups excluding carboxylic acids is 2. The molecule has 0 aliphatic heterocycles. The molecule has 1 fully saturated rings. The van der Waals surface area contributed by atoms with Crippen molar-refractivity contribution in [1.29, 1.82) is 0 Å². The second-order valence-electron chi connectivity index (χ2n) is 6.30. The van der Waals surface area contributed by atoms with Crippen LogP contribution in [0.2, 0.25) is 5.02 Å². The second-order valence-corrected chi connectivity index (χ2v) is 6.73. The third kappa shape index (κ3) is 3.53. The van der Waals surface area contributed by atoms with Gasteiger partial charge < -0.3 is 14.8 Å². The molecule has 1 N–H and O–H groups in total. The van der Waals surface area contributed by atoms with Gasteiger partial charge in [-0.15, -0.1) is 0 Å². The van der Waals surface area contributed by atoms with Crippen LogP contribution in [0.1, 0.15) is 34.3 Å². The lowest BCUT2D eigenvalue weighted by atomic mass is 9.95. The maximum absolute atomic E-state index is 12.7. The Bertz CT molecular complexity index is 828. The van der Waals surface area contributed by atoms with Crippen molar-refractivity contribution in [1.82, 2.24) is 5.32 Å². The molecule has 1 saturated carbocycles. The first-order valence-electron chi connectivity index (χ1n) is 8.30. The first-order chi connectivity index (χ1) is 12.5. The van der Waals surface area contributed by atoms with E-state index in [0.717, 1.165) is 24.0 Å². The van der Waals surface area contributed by atoms with Crippen molar-refractivity contribution in [3.05, 3.63) is 64.2 Å². The van der Waals surface area contributed by atoms with E-state index >= 15 is 0 Å². The minimum Gasteiger partial charge on any atom is -0.496 e. The summed E-state index contributed by atoms with van der Waals surface area (Å²) in [4.78, 5) is 24.6. The smallest absolute Gasteiger partial charge is 0.341 e. The number of ether oxygens (including phenoxy) is 2. The maximum atomic E-state index is 12.7. The summed E-state index contributed by atoms with van der Waals surface area (Å²) in [6.45, 7) is 0.322. The van der Waals surface area contributed by atoms with Gasteiger partial charge in [-0.25, -0.2) is 4.79 Å². The predicted octanol–water partition coefficient (Wildman–Crippen LogP) is 3.48. The molecular formula is C20H20ClNO4. The zero-order chi connectivity index (χ0) is 18.7. The molecule has 1 aliphatic carbocycles. The van der Waals surface area contributed by atoms with Crippen LogP contribution in [-0.4, -0.2) is 26.1 Å².